The molecule has 1 N–H and O–H groups in total. The number of unbranched alkanes of at least 4 members (excludes halogenated alkanes) is 4. The minimum atomic E-state index is 0.221. The number of ether oxygens (including phenoxy) is 1. The molecule has 1 aliphatic rings. The fraction of sp³-hybridized carbons (Fsp3) is 0.933. The molecule has 0 unspecified atom stereocenters. The van der Waals surface area contributed by atoms with Gasteiger partial charge in [-0.15, -0.1) is 0 Å². The summed E-state index contributed by atoms with van der Waals surface area (Å²) >= 11 is 0. The van der Waals surface area contributed by atoms with Gasteiger partial charge in [-0.3, -0.25) is 9.69 Å². The smallest absolute Gasteiger partial charge is 0.219 e. The van der Waals surface area contributed by atoms with Gasteiger partial charge in [-0.25, -0.2) is 0 Å². The highest BCUT2D eigenvalue weighted by atomic mass is 16.5. The van der Waals surface area contributed by atoms with Gasteiger partial charge in [-0.1, -0.05) is 32.6 Å². The molecule has 0 aliphatic carbocycles. The fourth-order valence-electron chi connectivity index (χ4n) is 2.33. The summed E-state index contributed by atoms with van der Waals surface area (Å²) in [7, 11) is 0. The van der Waals surface area contributed by atoms with E-state index in [0.717, 1.165) is 52.2 Å². The lowest BCUT2D eigenvalue weighted by molar-refractivity contribution is -0.121. The zero-order chi connectivity index (χ0) is 13.8. The molecule has 1 heterocycles. The first kappa shape index (κ1) is 16.4. The van der Waals surface area contributed by atoms with Crippen LogP contribution in [0.15, 0.2) is 0 Å². The normalized spacial score (nSPS) is 16.5. The van der Waals surface area contributed by atoms with E-state index in [9.17, 15) is 4.79 Å². The van der Waals surface area contributed by atoms with E-state index in [4.69, 9.17) is 4.74 Å². The molecule has 0 bridgehead atoms. The second-order valence-electron chi connectivity index (χ2n) is 5.32. The van der Waals surface area contributed by atoms with Crippen molar-refractivity contribution >= 4 is 5.91 Å². The minimum absolute atomic E-state index is 0.221. The molecule has 19 heavy (non-hydrogen) atoms. The highest BCUT2D eigenvalue weighted by molar-refractivity contribution is 5.75. The Labute approximate surface area is 117 Å². The number of hydrogen-bond acceptors (Lipinski definition) is 3. The van der Waals surface area contributed by atoms with Crippen LogP contribution in [0.4, 0.5) is 0 Å². The van der Waals surface area contributed by atoms with E-state index >= 15 is 0 Å². The van der Waals surface area contributed by atoms with Crippen molar-refractivity contribution in [2.45, 2.75) is 51.9 Å². The Hall–Kier alpha value is -0.610. The van der Waals surface area contributed by atoms with Crippen molar-refractivity contribution in [3.63, 3.8) is 0 Å². The van der Waals surface area contributed by atoms with E-state index in [0.29, 0.717) is 6.42 Å². The first-order valence-electron chi connectivity index (χ1n) is 7.89. The Morgan fingerprint density at radius 1 is 1.11 bits per heavy atom. The molecule has 4 nitrogen and oxygen atoms in total. The Bertz CT molecular complexity index is 228. The third-order valence-corrected chi connectivity index (χ3v) is 3.58. The molecular weight excluding hydrogens is 240 g/mol. The van der Waals surface area contributed by atoms with Crippen molar-refractivity contribution in [3.8, 4) is 0 Å². The van der Waals surface area contributed by atoms with E-state index in [1.165, 1.54) is 25.7 Å². The molecule has 4 heteroatoms. The van der Waals surface area contributed by atoms with Crippen molar-refractivity contribution in [3.05, 3.63) is 0 Å². The number of nitrogens with one attached hydrogen (secondary N) is 1. The summed E-state index contributed by atoms with van der Waals surface area (Å²) in [4.78, 5) is 14.0. The van der Waals surface area contributed by atoms with Crippen LogP contribution in [0, 0.1) is 0 Å². The molecule has 0 saturated carbocycles. The van der Waals surface area contributed by atoms with Gasteiger partial charge in [0, 0.05) is 26.1 Å². The van der Waals surface area contributed by atoms with E-state index < -0.39 is 0 Å². The van der Waals surface area contributed by atoms with Crippen molar-refractivity contribution in [2.75, 3.05) is 39.4 Å². The van der Waals surface area contributed by atoms with E-state index in [1.54, 1.807) is 0 Å². The molecular formula is C15H30N2O2. The number of amides is 1. The highest BCUT2D eigenvalue weighted by Crippen LogP contribution is 2.04. The van der Waals surface area contributed by atoms with Gasteiger partial charge in [0.15, 0.2) is 0 Å². The summed E-state index contributed by atoms with van der Waals surface area (Å²) in [5, 5.41) is 3.02. The van der Waals surface area contributed by atoms with Crippen molar-refractivity contribution in [1.82, 2.24) is 10.2 Å². The summed E-state index contributed by atoms with van der Waals surface area (Å²) < 4.78 is 5.31. The third-order valence-electron chi connectivity index (χ3n) is 3.58. The topological polar surface area (TPSA) is 41.6 Å². The summed E-state index contributed by atoms with van der Waals surface area (Å²) in [6.45, 7) is 7.86. The van der Waals surface area contributed by atoms with Crippen LogP contribution >= 0.6 is 0 Å². The molecule has 1 rings (SSSR count). The minimum Gasteiger partial charge on any atom is -0.379 e. The van der Waals surface area contributed by atoms with Gasteiger partial charge in [0.1, 0.15) is 0 Å². The third kappa shape index (κ3) is 9.00. The lowest BCUT2D eigenvalue weighted by atomic mass is 10.1. The monoisotopic (exact) mass is 270 g/mol. The second kappa shape index (κ2) is 11.2. The average molecular weight is 270 g/mol. The van der Waals surface area contributed by atoms with E-state index in [2.05, 4.69) is 17.1 Å². The molecule has 0 aromatic heterocycles. The molecule has 1 aliphatic heterocycles. The quantitative estimate of drug-likeness (QED) is 0.619. The second-order valence-corrected chi connectivity index (χ2v) is 5.32. The molecule has 112 valence electrons. The average Bonchev–Trinajstić information content (AvgIpc) is 2.44. The van der Waals surface area contributed by atoms with Crippen LogP contribution in [0.2, 0.25) is 0 Å². The predicted octanol–water partition coefficient (Wildman–Crippen LogP) is 2.19. The Kier molecular flexibility index (Phi) is 9.72. The van der Waals surface area contributed by atoms with E-state index in [1.807, 2.05) is 0 Å². The van der Waals surface area contributed by atoms with Gasteiger partial charge in [-0.2, -0.15) is 0 Å². The molecule has 0 spiro atoms. The summed E-state index contributed by atoms with van der Waals surface area (Å²) in [5.74, 6) is 0.221. The molecule has 0 radical (unpaired) electrons. The lowest BCUT2D eigenvalue weighted by Crippen LogP contribution is -2.38. The standard InChI is InChI=1S/C15H30N2O2/c1-2-3-4-5-6-8-15(18)16-9-7-10-17-11-13-19-14-12-17/h2-14H2,1H3,(H,16,18). The maximum absolute atomic E-state index is 11.6. The van der Waals surface area contributed by atoms with Crippen molar-refractivity contribution in [2.24, 2.45) is 0 Å². The van der Waals surface area contributed by atoms with Crippen LogP contribution in [-0.2, 0) is 9.53 Å². The van der Waals surface area contributed by atoms with Crippen LogP contribution in [0.5, 0.6) is 0 Å². The molecule has 1 fully saturated rings. The number of rotatable bonds is 10. The zero-order valence-electron chi connectivity index (χ0n) is 12.5. The van der Waals surface area contributed by atoms with Crippen molar-refractivity contribution < 1.29 is 9.53 Å². The predicted molar refractivity (Wildman–Crippen MR) is 78.3 cm³/mol. The van der Waals surface area contributed by atoms with E-state index in [-0.39, 0.29) is 5.91 Å². The lowest BCUT2D eigenvalue weighted by Gasteiger charge is -2.26. The number of nitrogens with zero attached hydrogens (tertiary/aromatic N) is 1. The molecule has 1 saturated heterocycles. The van der Waals surface area contributed by atoms with Gasteiger partial charge in [0.25, 0.3) is 0 Å². The number of carbonyl (C=O) groups excluding carboxylic acids is 1. The van der Waals surface area contributed by atoms with Crippen LogP contribution in [-0.4, -0.2) is 50.2 Å². The van der Waals surface area contributed by atoms with Crippen LogP contribution in [0.25, 0.3) is 0 Å². The SMILES string of the molecule is CCCCCCCC(=O)NCCCN1CCOCC1. The molecule has 0 aromatic carbocycles. The Morgan fingerprint density at radius 3 is 2.58 bits per heavy atom. The van der Waals surface area contributed by atoms with Crippen molar-refractivity contribution in [1.29, 1.82) is 0 Å². The van der Waals surface area contributed by atoms with Gasteiger partial charge in [0.2, 0.25) is 5.91 Å². The summed E-state index contributed by atoms with van der Waals surface area (Å²) in [6, 6.07) is 0. The van der Waals surface area contributed by atoms with Crippen LogP contribution in [0.1, 0.15) is 51.9 Å². The highest BCUT2D eigenvalue weighted by Gasteiger charge is 2.09. The Balaban J connectivity index is 1.86. The van der Waals surface area contributed by atoms with Gasteiger partial charge < -0.3 is 10.1 Å². The van der Waals surface area contributed by atoms with Crippen LogP contribution in [0.3, 0.4) is 0 Å². The first-order valence-corrected chi connectivity index (χ1v) is 7.89. The fourth-order valence-corrected chi connectivity index (χ4v) is 2.33. The molecule has 1 amide bonds. The molecule has 0 atom stereocenters. The molecule has 0 aromatic rings. The Morgan fingerprint density at radius 2 is 1.84 bits per heavy atom. The number of morpholine rings is 1. The van der Waals surface area contributed by atoms with Gasteiger partial charge >= 0.3 is 0 Å². The largest absolute Gasteiger partial charge is 0.379 e. The maximum Gasteiger partial charge on any atom is 0.219 e. The van der Waals surface area contributed by atoms with Crippen LogP contribution < -0.4 is 5.32 Å². The number of hydrogen-bond donors (Lipinski definition) is 1. The van der Waals surface area contributed by atoms with Gasteiger partial charge in [-0.05, 0) is 19.4 Å². The summed E-state index contributed by atoms with van der Waals surface area (Å²) in [6.07, 6.45) is 7.78. The summed E-state index contributed by atoms with van der Waals surface area (Å²) in [5.41, 5.74) is 0. The maximum atomic E-state index is 11.6. The van der Waals surface area contributed by atoms with Gasteiger partial charge in [0.05, 0.1) is 13.2 Å². The first-order chi connectivity index (χ1) is 9.33. The number of carbonyl (C=O) groups is 1. The zero-order valence-corrected chi connectivity index (χ0v) is 12.5.